The Morgan fingerprint density at radius 3 is 2.20 bits per heavy atom. The molecule has 0 spiro atoms. The summed E-state index contributed by atoms with van der Waals surface area (Å²) in [5.74, 6) is 4.08. The third-order valence-corrected chi connectivity index (χ3v) is 18.0. The van der Waals surface area contributed by atoms with Crippen LogP contribution in [0.25, 0.3) is 5.57 Å². The van der Waals surface area contributed by atoms with E-state index in [-0.39, 0.29) is 17.1 Å². The summed E-state index contributed by atoms with van der Waals surface area (Å²) >= 11 is 0. The molecule has 0 aromatic heterocycles. The number of hydrogen-bond acceptors (Lipinski definition) is 6. The Balaban J connectivity index is 0.00000139. The van der Waals surface area contributed by atoms with E-state index in [0.717, 1.165) is 24.9 Å². The van der Waals surface area contributed by atoms with Gasteiger partial charge in [0.25, 0.3) is 0 Å². The Bertz CT molecular complexity index is 1610. The maximum Gasteiger partial charge on any atom is 0.373 e. The highest BCUT2D eigenvalue weighted by molar-refractivity contribution is 7.91. The van der Waals surface area contributed by atoms with Gasteiger partial charge in [-0.2, -0.15) is 9.59 Å². The number of hydrogen-bond donors (Lipinski definition) is 1. The van der Waals surface area contributed by atoms with Gasteiger partial charge in [-0.3, -0.25) is 0 Å². The monoisotopic (exact) mass is 704 g/mol. The second-order valence-electron chi connectivity index (χ2n) is 18.8. The van der Waals surface area contributed by atoms with Crippen LogP contribution in [0.4, 0.5) is 0 Å². The number of nitrogens with one attached hydrogen (secondary N) is 1. The van der Waals surface area contributed by atoms with Gasteiger partial charge in [-0.15, -0.1) is 0 Å². The fourth-order valence-electron chi connectivity index (χ4n) is 13.7. The molecule has 1 aliphatic heterocycles. The number of sulfone groups is 1. The first kappa shape index (κ1) is 37.7. The van der Waals surface area contributed by atoms with E-state index < -0.39 is 9.84 Å². The molecule has 7 rings (SSSR count). The van der Waals surface area contributed by atoms with Gasteiger partial charge in [-0.25, -0.2) is 8.42 Å². The average Bonchev–Trinajstić information content (AvgIpc) is 3.43. The molecule has 276 valence electrons. The van der Waals surface area contributed by atoms with E-state index in [9.17, 15) is 8.42 Å². The van der Waals surface area contributed by atoms with Crippen molar-refractivity contribution in [3.63, 3.8) is 0 Å². The topological polar surface area (TPSA) is 83.6 Å². The molecule has 4 saturated carbocycles. The Morgan fingerprint density at radius 1 is 0.900 bits per heavy atom. The summed E-state index contributed by atoms with van der Waals surface area (Å²) in [5, 5.41) is 4.23. The van der Waals surface area contributed by atoms with Gasteiger partial charge in [0.15, 0.2) is 9.84 Å². The first-order valence-corrected chi connectivity index (χ1v) is 21.4. The molecule has 50 heavy (non-hydrogen) atoms. The zero-order chi connectivity index (χ0) is 36.3. The standard InChI is InChI=1S/C42H64N2O2S.CO2/c1-29(2)32-15-20-42(43-23-24-44-25-27-47(45,46)28-26-44)22-21-40(7)34(37(32)42)13-14-36-39(6)18-16-33(31-11-9-30(3)10-12-31)38(4,5)35(39)17-19-41(36,40)8;2-1-3/h9-12,16,32,34-37,43H,1,13-15,17-28H2,2-8H3;/t32-,34+,35-,36+,37+,39-,40+,41+,42-;/m0./s1. The molecule has 7 heteroatoms. The lowest BCUT2D eigenvalue weighted by atomic mass is 9.33. The van der Waals surface area contributed by atoms with Crippen molar-refractivity contribution in [3.8, 4) is 0 Å². The van der Waals surface area contributed by atoms with Gasteiger partial charge in [0.1, 0.15) is 0 Å². The lowest BCUT2D eigenvalue weighted by molar-refractivity contribution is -0.219. The quantitative estimate of drug-likeness (QED) is 0.301. The predicted octanol–water partition coefficient (Wildman–Crippen LogP) is 8.13. The molecule has 5 aliphatic carbocycles. The van der Waals surface area contributed by atoms with Crippen LogP contribution in [0, 0.1) is 58.2 Å². The minimum atomic E-state index is -2.84. The molecule has 9 atom stereocenters. The van der Waals surface area contributed by atoms with Gasteiger partial charge in [0, 0.05) is 31.7 Å². The Hall–Kier alpha value is -2.05. The second-order valence-corrected chi connectivity index (χ2v) is 21.1. The van der Waals surface area contributed by atoms with E-state index in [1.54, 1.807) is 5.57 Å². The van der Waals surface area contributed by atoms with E-state index in [1.165, 1.54) is 74.5 Å². The Morgan fingerprint density at radius 2 is 1.56 bits per heavy atom. The number of fused-ring (bicyclic) bond motifs is 7. The first-order chi connectivity index (χ1) is 23.5. The molecule has 0 amide bonds. The van der Waals surface area contributed by atoms with Crippen LogP contribution in [0.15, 0.2) is 42.5 Å². The molecule has 1 saturated heterocycles. The summed E-state index contributed by atoms with van der Waals surface area (Å²) in [6.45, 7) is 25.8. The number of rotatable bonds is 6. The van der Waals surface area contributed by atoms with Crippen molar-refractivity contribution < 1.29 is 18.0 Å². The molecule has 0 unspecified atom stereocenters. The summed E-state index contributed by atoms with van der Waals surface area (Å²) in [4.78, 5) is 18.6. The SMILES string of the molecule is C=C(C)[C@@H]1CC[C@]2(NCCN3CCS(=O)(=O)CC3)CC[C@]3(C)[C@H](CC[C@@H]4[C@@]5(C)CC=C(c6ccc(C)cc6)C(C)(C)[C@@H]5CC[C@]43C)[C@@H]12.O=C=O. The van der Waals surface area contributed by atoms with Gasteiger partial charge in [0.2, 0.25) is 0 Å². The lowest BCUT2D eigenvalue weighted by Gasteiger charge is -2.72. The normalized spacial score (nSPS) is 41.5. The molecular formula is C43H64N2O4S. The van der Waals surface area contributed by atoms with E-state index >= 15 is 0 Å². The summed E-state index contributed by atoms with van der Waals surface area (Å²) in [5.41, 5.74) is 7.13. The van der Waals surface area contributed by atoms with Crippen LogP contribution < -0.4 is 5.32 Å². The first-order valence-electron chi connectivity index (χ1n) is 19.6. The number of allylic oxidation sites excluding steroid dienone is 3. The summed E-state index contributed by atoms with van der Waals surface area (Å²) in [7, 11) is -2.84. The minimum Gasteiger partial charge on any atom is -0.310 e. The van der Waals surface area contributed by atoms with Crippen LogP contribution in [0.1, 0.15) is 110 Å². The molecule has 1 aromatic carbocycles. The second kappa shape index (κ2) is 13.4. The van der Waals surface area contributed by atoms with Gasteiger partial charge in [0.05, 0.1) is 11.5 Å². The van der Waals surface area contributed by atoms with E-state index in [4.69, 9.17) is 9.59 Å². The highest BCUT2D eigenvalue weighted by Crippen LogP contribution is 2.76. The van der Waals surface area contributed by atoms with Crippen LogP contribution in [-0.2, 0) is 19.4 Å². The fourth-order valence-corrected chi connectivity index (χ4v) is 15.0. The van der Waals surface area contributed by atoms with Crippen LogP contribution in [0.5, 0.6) is 0 Å². The van der Waals surface area contributed by atoms with Gasteiger partial charge in [-0.05, 0) is 134 Å². The molecule has 5 fully saturated rings. The Labute approximate surface area is 303 Å². The summed E-state index contributed by atoms with van der Waals surface area (Å²) in [6.07, 6.45) is 14.7. The maximum absolute atomic E-state index is 12.0. The summed E-state index contributed by atoms with van der Waals surface area (Å²) < 4.78 is 24.0. The number of benzene rings is 1. The number of aryl methyl sites for hydroxylation is 1. The zero-order valence-corrected chi connectivity index (χ0v) is 32.9. The van der Waals surface area contributed by atoms with Gasteiger partial charge < -0.3 is 10.2 Å². The lowest BCUT2D eigenvalue weighted by Crippen LogP contribution is -2.68. The van der Waals surface area contributed by atoms with E-state index in [2.05, 4.69) is 95.6 Å². The molecule has 0 bridgehead atoms. The van der Waals surface area contributed by atoms with Crippen molar-refractivity contribution >= 4 is 21.6 Å². The molecule has 1 heterocycles. The number of carbonyl (C=O) groups excluding carboxylic acids is 2. The molecule has 6 nitrogen and oxygen atoms in total. The average molecular weight is 705 g/mol. The van der Waals surface area contributed by atoms with Crippen LogP contribution in [-0.4, -0.2) is 62.7 Å². The van der Waals surface area contributed by atoms with E-state index in [1.807, 2.05) is 0 Å². The third-order valence-electron chi connectivity index (χ3n) is 16.3. The smallest absolute Gasteiger partial charge is 0.310 e. The molecule has 1 aromatic rings. The van der Waals surface area contributed by atoms with Crippen molar-refractivity contribution in [3.05, 3.63) is 53.6 Å². The fraction of sp³-hybridized carbons (Fsp3) is 0.744. The third kappa shape index (κ3) is 6.04. The highest BCUT2D eigenvalue weighted by atomic mass is 32.2. The largest absolute Gasteiger partial charge is 0.373 e. The maximum atomic E-state index is 12.0. The van der Waals surface area contributed by atoms with Crippen LogP contribution in [0.2, 0.25) is 0 Å². The van der Waals surface area contributed by atoms with Crippen molar-refractivity contribution in [2.24, 2.45) is 51.2 Å². The molecule has 0 radical (unpaired) electrons. The van der Waals surface area contributed by atoms with Crippen LogP contribution in [0.3, 0.4) is 0 Å². The van der Waals surface area contributed by atoms with Crippen molar-refractivity contribution in [1.82, 2.24) is 10.2 Å². The van der Waals surface area contributed by atoms with Crippen molar-refractivity contribution in [2.75, 3.05) is 37.7 Å². The van der Waals surface area contributed by atoms with Crippen molar-refractivity contribution in [2.45, 2.75) is 112 Å². The van der Waals surface area contributed by atoms with Crippen LogP contribution >= 0.6 is 0 Å². The predicted molar refractivity (Wildman–Crippen MR) is 202 cm³/mol. The minimum absolute atomic E-state index is 0.169. The van der Waals surface area contributed by atoms with Crippen molar-refractivity contribution in [1.29, 1.82) is 0 Å². The summed E-state index contributed by atoms with van der Waals surface area (Å²) in [6, 6.07) is 9.31. The van der Waals surface area contributed by atoms with Gasteiger partial charge >= 0.3 is 6.15 Å². The zero-order valence-electron chi connectivity index (χ0n) is 32.1. The number of nitrogens with zero attached hydrogens (tertiary/aromatic N) is 1. The molecule has 6 aliphatic rings. The molecule has 1 N–H and O–H groups in total. The van der Waals surface area contributed by atoms with E-state index in [0.29, 0.717) is 58.6 Å². The Kier molecular flexibility index (Phi) is 10.1. The molecular weight excluding hydrogens is 641 g/mol. The van der Waals surface area contributed by atoms with Gasteiger partial charge in [-0.1, -0.05) is 82.7 Å². The highest BCUT2D eigenvalue weighted by Gasteiger charge is 2.70.